The van der Waals surface area contributed by atoms with E-state index >= 15 is 0 Å². The lowest BCUT2D eigenvalue weighted by atomic mass is 10.1. The van der Waals surface area contributed by atoms with Gasteiger partial charge in [-0.25, -0.2) is 0 Å². The van der Waals surface area contributed by atoms with Gasteiger partial charge in [0.05, 0.1) is 12.1 Å². The van der Waals surface area contributed by atoms with Gasteiger partial charge in [-0.05, 0) is 18.9 Å². The monoisotopic (exact) mass is 262 g/mol. The van der Waals surface area contributed by atoms with E-state index < -0.39 is 0 Å². The number of ether oxygens (including phenoxy) is 1. The molecule has 1 saturated heterocycles. The van der Waals surface area contributed by atoms with E-state index in [9.17, 15) is 4.79 Å². The van der Waals surface area contributed by atoms with Gasteiger partial charge in [0.15, 0.2) is 0 Å². The van der Waals surface area contributed by atoms with Gasteiger partial charge >= 0.3 is 0 Å². The molecule has 1 aromatic rings. The molecule has 19 heavy (non-hydrogen) atoms. The van der Waals surface area contributed by atoms with Crippen molar-refractivity contribution in [2.75, 3.05) is 20.2 Å². The summed E-state index contributed by atoms with van der Waals surface area (Å²) < 4.78 is 5.29. The minimum absolute atomic E-state index is 0.103. The van der Waals surface area contributed by atoms with Gasteiger partial charge in [0.1, 0.15) is 0 Å². The van der Waals surface area contributed by atoms with Crippen LogP contribution in [0.5, 0.6) is 0 Å². The lowest BCUT2D eigenvalue weighted by Gasteiger charge is -2.24. The Morgan fingerprint density at radius 2 is 2.16 bits per heavy atom. The first-order valence-electron chi connectivity index (χ1n) is 6.83. The molecule has 2 rings (SSSR count). The molecule has 0 bridgehead atoms. The predicted octanol–water partition coefficient (Wildman–Crippen LogP) is 1.41. The van der Waals surface area contributed by atoms with Crippen LogP contribution in [0.25, 0.3) is 0 Å². The molecule has 1 amide bonds. The molecule has 0 saturated carbocycles. The molecule has 4 heteroatoms. The number of nitrogens with zero attached hydrogens (tertiary/aromatic N) is 1. The lowest BCUT2D eigenvalue weighted by molar-refractivity contribution is -0.133. The average Bonchev–Trinajstić information content (AvgIpc) is 2.94. The maximum absolute atomic E-state index is 12.5. The number of amides is 1. The second-order valence-electron chi connectivity index (χ2n) is 4.89. The van der Waals surface area contributed by atoms with Crippen molar-refractivity contribution >= 4 is 5.91 Å². The quantitative estimate of drug-likeness (QED) is 0.872. The molecule has 0 radical (unpaired) electrons. The number of likely N-dealkylation sites (N-methyl/N-ethyl adjacent to an activating group) is 1. The van der Waals surface area contributed by atoms with Crippen molar-refractivity contribution in [1.29, 1.82) is 0 Å². The summed E-state index contributed by atoms with van der Waals surface area (Å²) >= 11 is 0. The van der Waals surface area contributed by atoms with Crippen LogP contribution in [0.3, 0.4) is 0 Å². The van der Waals surface area contributed by atoms with E-state index in [2.05, 4.69) is 17.4 Å². The fourth-order valence-electron chi connectivity index (χ4n) is 2.44. The molecule has 0 spiro atoms. The molecule has 104 valence electrons. The molecule has 1 aromatic carbocycles. The fraction of sp³-hybridized carbons (Fsp3) is 0.533. The third-order valence-electron chi connectivity index (χ3n) is 3.63. The number of benzene rings is 1. The molecule has 1 aliphatic rings. The Labute approximate surface area is 114 Å². The van der Waals surface area contributed by atoms with Crippen LogP contribution in [-0.4, -0.2) is 43.2 Å². The van der Waals surface area contributed by atoms with E-state index in [1.807, 2.05) is 30.0 Å². The highest BCUT2D eigenvalue weighted by molar-refractivity contribution is 5.82. The van der Waals surface area contributed by atoms with Gasteiger partial charge in [0.2, 0.25) is 5.91 Å². The molecule has 0 aliphatic carbocycles. The summed E-state index contributed by atoms with van der Waals surface area (Å²) in [5, 5.41) is 3.24. The second-order valence-corrected chi connectivity index (χ2v) is 4.89. The third-order valence-corrected chi connectivity index (χ3v) is 3.63. The standard InChI is InChI=1S/C15H22N2O2/c1-3-17(11-12-7-5-4-6-8-12)15(18)14-9-13(19-2)10-16-14/h4-8,13-14,16H,3,9-11H2,1-2H3. The van der Waals surface area contributed by atoms with Crippen molar-refractivity contribution in [1.82, 2.24) is 10.2 Å². The zero-order chi connectivity index (χ0) is 13.7. The molecular weight excluding hydrogens is 240 g/mol. The Morgan fingerprint density at radius 3 is 2.74 bits per heavy atom. The zero-order valence-electron chi connectivity index (χ0n) is 11.6. The van der Waals surface area contributed by atoms with Crippen molar-refractivity contribution in [3.8, 4) is 0 Å². The summed E-state index contributed by atoms with van der Waals surface area (Å²) in [6.45, 7) is 4.18. The molecule has 1 N–H and O–H groups in total. The highest BCUT2D eigenvalue weighted by Gasteiger charge is 2.31. The van der Waals surface area contributed by atoms with Crippen LogP contribution < -0.4 is 5.32 Å². The van der Waals surface area contributed by atoms with Gasteiger partial charge < -0.3 is 15.0 Å². The number of hydrogen-bond acceptors (Lipinski definition) is 3. The minimum Gasteiger partial charge on any atom is -0.380 e. The van der Waals surface area contributed by atoms with E-state index in [0.717, 1.165) is 19.5 Å². The zero-order valence-corrected chi connectivity index (χ0v) is 11.6. The first-order chi connectivity index (χ1) is 9.24. The van der Waals surface area contributed by atoms with Crippen LogP contribution in [0.2, 0.25) is 0 Å². The summed E-state index contributed by atoms with van der Waals surface area (Å²) in [5.41, 5.74) is 1.17. The number of hydrogen-bond donors (Lipinski definition) is 1. The van der Waals surface area contributed by atoms with E-state index in [4.69, 9.17) is 4.74 Å². The topological polar surface area (TPSA) is 41.6 Å². The summed E-state index contributed by atoms with van der Waals surface area (Å²) in [5.74, 6) is 0.172. The van der Waals surface area contributed by atoms with Gasteiger partial charge in [0, 0.05) is 26.7 Å². The molecule has 2 unspecified atom stereocenters. The maximum atomic E-state index is 12.5. The Bertz CT molecular complexity index is 408. The van der Waals surface area contributed by atoms with Gasteiger partial charge in [0.25, 0.3) is 0 Å². The Balaban J connectivity index is 1.96. The van der Waals surface area contributed by atoms with E-state index in [-0.39, 0.29) is 18.1 Å². The van der Waals surface area contributed by atoms with Crippen molar-refractivity contribution in [2.45, 2.75) is 32.0 Å². The number of methoxy groups -OCH3 is 1. The Morgan fingerprint density at radius 1 is 1.42 bits per heavy atom. The first-order valence-corrected chi connectivity index (χ1v) is 6.83. The highest BCUT2D eigenvalue weighted by Crippen LogP contribution is 2.14. The Kier molecular flexibility index (Phi) is 4.93. The van der Waals surface area contributed by atoms with Gasteiger partial charge in [-0.3, -0.25) is 4.79 Å². The normalized spacial score (nSPS) is 22.4. The van der Waals surface area contributed by atoms with Gasteiger partial charge in [-0.1, -0.05) is 30.3 Å². The SMILES string of the molecule is CCN(Cc1ccccc1)C(=O)C1CC(OC)CN1. The van der Waals surface area contributed by atoms with Crippen molar-refractivity contribution < 1.29 is 9.53 Å². The van der Waals surface area contributed by atoms with Crippen LogP contribution in [-0.2, 0) is 16.1 Å². The summed E-state index contributed by atoms with van der Waals surface area (Å²) in [7, 11) is 1.70. The van der Waals surface area contributed by atoms with Crippen LogP contribution >= 0.6 is 0 Å². The largest absolute Gasteiger partial charge is 0.380 e. The number of carbonyl (C=O) groups excluding carboxylic acids is 1. The molecule has 1 heterocycles. The van der Waals surface area contributed by atoms with Gasteiger partial charge in [-0.15, -0.1) is 0 Å². The minimum atomic E-state index is -0.103. The van der Waals surface area contributed by atoms with E-state index in [0.29, 0.717) is 6.54 Å². The number of nitrogens with one attached hydrogen (secondary N) is 1. The van der Waals surface area contributed by atoms with Crippen molar-refractivity contribution in [2.24, 2.45) is 0 Å². The van der Waals surface area contributed by atoms with E-state index in [1.54, 1.807) is 7.11 Å². The third kappa shape index (κ3) is 3.55. The second kappa shape index (κ2) is 6.68. The maximum Gasteiger partial charge on any atom is 0.240 e. The molecule has 0 aromatic heterocycles. The first kappa shape index (κ1) is 14.0. The summed E-state index contributed by atoms with van der Waals surface area (Å²) in [6.07, 6.45) is 0.921. The van der Waals surface area contributed by atoms with Crippen LogP contribution in [0.1, 0.15) is 18.9 Å². The molecule has 2 atom stereocenters. The van der Waals surface area contributed by atoms with Crippen molar-refractivity contribution in [3.63, 3.8) is 0 Å². The summed E-state index contributed by atoms with van der Waals surface area (Å²) in [6, 6.07) is 9.99. The fourth-order valence-corrected chi connectivity index (χ4v) is 2.44. The predicted molar refractivity (Wildman–Crippen MR) is 74.7 cm³/mol. The summed E-state index contributed by atoms with van der Waals surface area (Å²) in [4.78, 5) is 14.3. The average molecular weight is 262 g/mol. The van der Waals surface area contributed by atoms with Gasteiger partial charge in [-0.2, -0.15) is 0 Å². The molecule has 1 fully saturated rings. The smallest absolute Gasteiger partial charge is 0.240 e. The van der Waals surface area contributed by atoms with Crippen LogP contribution in [0.4, 0.5) is 0 Å². The molecule has 1 aliphatic heterocycles. The van der Waals surface area contributed by atoms with Crippen LogP contribution in [0.15, 0.2) is 30.3 Å². The van der Waals surface area contributed by atoms with Crippen molar-refractivity contribution in [3.05, 3.63) is 35.9 Å². The molecule has 4 nitrogen and oxygen atoms in total. The lowest BCUT2D eigenvalue weighted by Crippen LogP contribution is -2.43. The Hall–Kier alpha value is -1.39. The number of rotatable bonds is 5. The highest BCUT2D eigenvalue weighted by atomic mass is 16.5. The van der Waals surface area contributed by atoms with E-state index in [1.165, 1.54) is 5.56 Å². The number of carbonyl (C=O) groups is 1. The van der Waals surface area contributed by atoms with Crippen LogP contribution in [0, 0.1) is 0 Å². The molecular formula is C15H22N2O2.